The van der Waals surface area contributed by atoms with E-state index in [0.717, 1.165) is 34.7 Å². The maximum atomic E-state index is 16.1. The van der Waals surface area contributed by atoms with Crippen LogP contribution < -0.4 is 15.2 Å². The van der Waals surface area contributed by atoms with Crippen molar-refractivity contribution in [3.8, 4) is 5.69 Å². The van der Waals surface area contributed by atoms with Crippen LogP contribution in [-0.2, 0) is 4.74 Å². The maximum Gasteiger partial charge on any atom is 0.343 e. The van der Waals surface area contributed by atoms with Crippen molar-refractivity contribution in [2.45, 2.75) is 6.92 Å². The van der Waals surface area contributed by atoms with Crippen molar-refractivity contribution in [2.75, 3.05) is 42.6 Å². The van der Waals surface area contributed by atoms with Gasteiger partial charge in [-0.05, 0) is 55.5 Å². The largest absolute Gasteiger partial charge is 0.462 e. The fourth-order valence-electron chi connectivity index (χ4n) is 5.32. The van der Waals surface area contributed by atoms with Gasteiger partial charge in [0.1, 0.15) is 45.7 Å². The monoisotopic (exact) mass is 594 g/mol. The zero-order valence-corrected chi connectivity index (χ0v) is 22.7. The third kappa shape index (κ3) is 5.02. The summed E-state index contributed by atoms with van der Waals surface area (Å²) in [6.07, 6.45) is 1.01. The predicted molar refractivity (Wildman–Crippen MR) is 151 cm³/mol. The molecule has 1 aliphatic rings. The van der Waals surface area contributed by atoms with Gasteiger partial charge < -0.3 is 14.5 Å². The summed E-state index contributed by atoms with van der Waals surface area (Å²) in [5, 5.41) is -0.276. The van der Waals surface area contributed by atoms with Crippen molar-refractivity contribution < 1.29 is 31.5 Å². The molecule has 0 aliphatic carbocycles. The Bertz CT molecular complexity index is 1950. The van der Waals surface area contributed by atoms with Crippen LogP contribution in [0, 0.1) is 29.1 Å². The zero-order valence-electron chi connectivity index (χ0n) is 22.7. The number of rotatable bonds is 5. The van der Waals surface area contributed by atoms with Crippen LogP contribution in [0.2, 0.25) is 0 Å². The zero-order chi connectivity index (χ0) is 30.4. The lowest BCUT2D eigenvalue weighted by molar-refractivity contribution is 0.0524. The standard InChI is InChI=1S/C31H23F5N4O3/c1-2-43-31(42)22-16-40(25-8-5-19(33)15-23(25)34)30-21(29(22)41)13-17-14-24(35)28(26(36)27(17)37-30)39-11-9-38(10-12-39)20-6-3-18(32)4-7-20/h3-8,13-16H,2,9-12H2,1H3. The van der Waals surface area contributed by atoms with Gasteiger partial charge >= 0.3 is 5.97 Å². The molecular weight excluding hydrogens is 571 g/mol. The summed E-state index contributed by atoms with van der Waals surface area (Å²) in [6.45, 7) is 2.81. The molecule has 0 bridgehead atoms. The summed E-state index contributed by atoms with van der Waals surface area (Å²) in [7, 11) is 0. The molecule has 7 nitrogen and oxygen atoms in total. The van der Waals surface area contributed by atoms with Gasteiger partial charge in [0.05, 0.1) is 17.7 Å². The minimum atomic E-state index is -1.03. The van der Waals surface area contributed by atoms with E-state index in [-0.39, 0.29) is 58.8 Å². The quantitative estimate of drug-likeness (QED) is 0.147. The number of anilines is 2. The highest BCUT2D eigenvalue weighted by Gasteiger charge is 2.27. The van der Waals surface area contributed by atoms with Gasteiger partial charge in [0.15, 0.2) is 5.82 Å². The molecule has 3 aromatic carbocycles. The Morgan fingerprint density at radius 3 is 2.21 bits per heavy atom. The van der Waals surface area contributed by atoms with Gasteiger partial charge in [-0.15, -0.1) is 0 Å². The highest BCUT2D eigenvalue weighted by Crippen LogP contribution is 2.33. The van der Waals surface area contributed by atoms with Crippen molar-refractivity contribution in [3.63, 3.8) is 0 Å². The lowest BCUT2D eigenvalue weighted by Gasteiger charge is -2.37. The number of esters is 1. The molecule has 0 unspecified atom stereocenters. The van der Waals surface area contributed by atoms with Crippen LogP contribution >= 0.6 is 0 Å². The van der Waals surface area contributed by atoms with Gasteiger partial charge in [0, 0.05) is 49.5 Å². The third-order valence-corrected chi connectivity index (χ3v) is 7.38. The number of ether oxygens (including phenoxy) is 1. The number of piperazine rings is 1. The van der Waals surface area contributed by atoms with E-state index in [9.17, 15) is 22.8 Å². The molecule has 220 valence electrons. The number of halogens is 5. The minimum absolute atomic E-state index is 0.0471. The van der Waals surface area contributed by atoms with E-state index >= 15 is 8.78 Å². The van der Waals surface area contributed by atoms with Crippen LogP contribution in [0.25, 0.3) is 27.6 Å². The first-order valence-electron chi connectivity index (χ1n) is 13.4. The Hall–Kier alpha value is -5.00. The van der Waals surface area contributed by atoms with Gasteiger partial charge in [0.2, 0.25) is 5.43 Å². The number of fused-ring (bicyclic) bond motifs is 2. The summed E-state index contributed by atoms with van der Waals surface area (Å²) < 4.78 is 79.6. The average molecular weight is 595 g/mol. The summed E-state index contributed by atoms with van der Waals surface area (Å²) in [4.78, 5) is 33.8. The van der Waals surface area contributed by atoms with Crippen molar-refractivity contribution >= 4 is 39.3 Å². The molecule has 0 N–H and O–H groups in total. The molecule has 0 spiro atoms. The number of carbonyl (C=O) groups excluding carboxylic acids is 1. The molecule has 43 heavy (non-hydrogen) atoms. The molecule has 0 radical (unpaired) electrons. The van der Waals surface area contributed by atoms with Crippen molar-refractivity contribution in [3.05, 3.63) is 106 Å². The lowest BCUT2D eigenvalue weighted by Crippen LogP contribution is -2.47. The van der Waals surface area contributed by atoms with Crippen LogP contribution in [0.5, 0.6) is 0 Å². The first-order valence-corrected chi connectivity index (χ1v) is 13.4. The van der Waals surface area contributed by atoms with E-state index in [1.54, 1.807) is 12.1 Å². The van der Waals surface area contributed by atoms with Gasteiger partial charge in [-0.2, -0.15) is 0 Å². The Labute approximate surface area is 241 Å². The van der Waals surface area contributed by atoms with E-state index in [1.165, 1.54) is 30.0 Å². The second-order valence-corrected chi connectivity index (χ2v) is 9.96. The number of hydrogen-bond acceptors (Lipinski definition) is 6. The number of hydrogen-bond donors (Lipinski definition) is 0. The second kappa shape index (κ2) is 11.0. The predicted octanol–water partition coefficient (Wildman–Crippen LogP) is 5.74. The average Bonchev–Trinajstić information content (AvgIpc) is 2.98. The third-order valence-electron chi connectivity index (χ3n) is 7.38. The van der Waals surface area contributed by atoms with E-state index < -0.39 is 40.2 Å². The second-order valence-electron chi connectivity index (χ2n) is 9.96. The number of nitrogens with zero attached hydrogens (tertiary/aromatic N) is 4. The Morgan fingerprint density at radius 1 is 0.860 bits per heavy atom. The molecule has 3 heterocycles. The van der Waals surface area contributed by atoms with Crippen LogP contribution in [-0.4, -0.2) is 48.3 Å². The summed E-state index contributed by atoms with van der Waals surface area (Å²) >= 11 is 0. The summed E-state index contributed by atoms with van der Waals surface area (Å²) in [5.74, 6) is -5.11. The summed E-state index contributed by atoms with van der Waals surface area (Å²) in [6, 6.07) is 10.9. The van der Waals surface area contributed by atoms with Crippen LogP contribution in [0.1, 0.15) is 17.3 Å². The number of aromatic nitrogens is 2. The van der Waals surface area contributed by atoms with E-state index in [2.05, 4.69) is 4.98 Å². The molecule has 1 aliphatic heterocycles. The maximum absolute atomic E-state index is 16.1. The molecule has 2 aromatic heterocycles. The molecule has 1 saturated heterocycles. The lowest BCUT2D eigenvalue weighted by atomic mass is 10.1. The Balaban J connectivity index is 1.48. The minimum Gasteiger partial charge on any atom is -0.462 e. The molecule has 6 rings (SSSR count). The van der Waals surface area contributed by atoms with Gasteiger partial charge in [-0.1, -0.05) is 0 Å². The SMILES string of the molecule is CCOC(=O)c1cn(-c2ccc(F)cc2F)c2nc3c(F)c(N4CCN(c5ccc(F)cc5)CC4)c(F)cc3cc2c1=O. The topological polar surface area (TPSA) is 67.7 Å². The van der Waals surface area contributed by atoms with Crippen molar-refractivity contribution in [2.24, 2.45) is 0 Å². The highest BCUT2D eigenvalue weighted by atomic mass is 19.1. The Morgan fingerprint density at radius 2 is 1.53 bits per heavy atom. The first-order chi connectivity index (χ1) is 20.7. The molecule has 0 saturated carbocycles. The van der Waals surface area contributed by atoms with Crippen LogP contribution in [0.3, 0.4) is 0 Å². The van der Waals surface area contributed by atoms with E-state index in [0.29, 0.717) is 19.2 Å². The number of benzene rings is 3. The van der Waals surface area contributed by atoms with Crippen molar-refractivity contribution in [1.29, 1.82) is 0 Å². The number of pyridine rings is 2. The van der Waals surface area contributed by atoms with E-state index in [1.807, 2.05) is 4.90 Å². The summed E-state index contributed by atoms with van der Waals surface area (Å²) in [5.41, 5.74) is -1.61. The number of carbonyl (C=O) groups is 1. The fraction of sp³-hybridized carbons (Fsp3) is 0.194. The molecule has 0 amide bonds. The molecule has 0 atom stereocenters. The van der Waals surface area contributed by atoms with E-state index in [4.69, 9.17) is 4.74 Å². The highest BCUT2D eigenvalue weighted by molar-refractivity contribution is 5.98. The Kier molecular flexibility index (Phi) is 7.20. The smallest absolute Gasteiger partial charge is 0.343 e. The first kappa shape index (κ1) is 28.1. The van der Waals surface area contributed by atoms with Gasteiger partial charge in [-0.3, -0.25) is 9.36 Å². The molecule has 1 fully saturated rings. The van der Waals surface area contributed by atoms with Gasteiger partial charge in [-0.25, -0.2) is 31.7 Å². The molecule has 12 heteroatoms. The fourth-order valence-corrected chi connectivity index (χ4v) is 5.32. The van der Waals surface area contributed by atoms with Crippen LogP contribution in [0.4, 0.5) is 33.3 Å². The normalized spacial score (nSPS) is 13.6. The van der Waals surface area contributed by atoms with Gasteiger partial charge in [0.25, 0.3) is 0 Å². The van der Waals surface area contributed by atoms with Crippen molar-refractivity contribution in [1.82, 2.24) is 9.55 Å². The molecule has 5 aromatic rings. The molecular formula is C31H23F5N4O3. The van der Waals surface area contributed by atoms with Crippen LogP contribution in [0.15, 0.2) is 65.6 Å².